The first-order valence-electron chi connectivity index (χ1n) is 10.3. The molecule has 2 aliphatic heterocycles. The molecule has 0 radical (unpaired) electrons. The fourth-order valence-corrected chi connectivity index (χ4v) is 4.20. The second-order valence-corrected chi connectivity index (χ2v) is 7.66. The lowest BCUT2D eigenvalue weighted by Gasteiger charge is -2.45. The molecule has 0 spiro atoms. The topological polar surface area (TPSA) is 119 Å². The van der Waals surface area contributed by atoms with E-state index in [9.17, 15) is 14.7 Å². The van der Waals surface area contributed by atoms with Gasteiger partial charge in [0, 0.05) is 38.1 Å². The van der Waals surface area contributed by atoms with Crippen molar-refractivity contribution in [3.05, 3.63) is 64.1 Å². The largest absolute Gasteiger partial charge is 0.503 e. The highest BCUT2D eigenvalue weighted by Crippen LogP contribution is 2.35. The number of amides is 1. The van der Waals surface area contributed by atoms with Crippen LogP contribution in [0, 0.1) is 0 Å². The molecule has 0 bridgehead atoms. The van der Waals surface area contributed by atoms with Gasteiger partial charge >= 0.3 is 0 Å². The predicted octanol–water partition coefficient (Wildman–Crippen LogP) is 2.17. The van der Waals surface area contributed by atoms with Gasteiger partial charge < -0.3 is 23.7 Å². The van der Waals surface area contributed by atoms with E-state index in [2.05, 4.69) is 10.5 Å². The lowest BCUT2D eigenvalue weighted by molar-refractivity contribution is -0.193. The van der Waals surface area contributed by atoms with E-state index >= 15 is 0 Å². The molecule has 2 N–H and O–H groups in total. The van der Waals surface area contributed by atoms with Crippen LogP contribution in [0.15, 0.2) is 51.9 Å². The van der Waals surface area contributed by atoms with E-state index in [1.165, 1.54) is 13.3 Å². The summed E-state index contributed by atoms with van der Waals surface area (Å²) in [6.07, 6.45) is 1.32. The second kappa shape index (κ2) is 8.23. The summed E-state index contributed by atoms with van der Waals surface area (Å²) in [5, 5.41) is 17.2. The van der Waals surface area contributed by atoms with Crippen LogP contribution in [-0.2, 0) is 16.0 Å². The molecular formula is C22H22N4O6. The summed E-state index contributed by atoms with van der Waals surface area (Å²) in [5.41, 5.74) is 0.675. The third-order valence-corrected chi connectivity index (χ3v) is 5.71. The van der Waals surface area contributed by atoms with Crippen molar-refractivity contribution < 1.29 is 23.9 Å². The molecule has 3 aromatic rings. The number of hydrogen-bond acceptors (Lipinski definition) is 8. The first-order chi connectivity index (χ1) is 15.6. The molecular weight excluding hydrogens is 416 g/mol. The number of aromatic hydroxyl groups is 1. The molecule has 2 aromatic heterocycles. The van der Waals surface area contributed by atoms with Crippen molar-refractivity contribution in [2.75, 3.05) is 25.6 Å². The number of carbonyl (C=O) groups is 1. The molecule has 2 unspecified atom stereocenters. The number of hydrogen-bond donors (Lipinski definition) is 2. The van der Waals surface area contributed by atoms with Crippen LogP contribution in [0.5, 0.6) is 5.75 Å². The Balaban J connectivity index is 1.45. The molecule has 0 aliphatic carbocycles. The molecule has 32 heavy (non-hydrogen) atoms. The van der Waals surface area contributed by atoms with Crippen molar-refractivity contribution in [2.45, 2.75) is 25.4 Å². The Bertz CT molecular complexity index is 1200. The zero-order valence-electron chi connectivity index (χ0n) is 17.4. The average Bonchev–Trinajstić information content (AvgIpc) is 3.29. The number of benzene rings is 1. The molecule has 1 saturated heterocycles. The molecule has 4 heterocycles. The van der Waals surface area contributed by atoms with Crippen molar-refractivity contribution in [2.24, 2.45) is 0 Å². The predicted molar refractivity (Wildman–Crippen MR) is 113 cm³/mol. The first kappa shape index (κ1) is 20.4. The van der Waals surface area contributed by atoms with Gasteiger partial charge in [0.05, 0.1) is 6.54 Å². The molecule has 10 nitrogen and oxygen atoms in total. The minimum atomic E-state index is -0.782. The molecule has 1 aromatic carbocycles. The van der Waals surface area contributed by atoms with E-state index in [4.69, 9.17) is 14.0 Å². The summed E-state index contributed by atoms with van der Waals surface area (Å²) in [6.45, 7) is 1.68. The van der Waals surface area contributed by atoms with Crippen LogP contribution >= 0.6 is 0 Å². The smallest absolute Gasteiger partial charge is 0.263 e. The Kier molecular flexibility index (Phi) is 5.25. The highest BCUT2D eigenvalue weighted by atomic mass is 16.5. The lowest BCUT2D eigenvalue weighted by Crippen LogP contribution is -2.52. The number of fused-ring (bicyclic) bond motifs is 2. The van der Waals surface area contributed by atoms with Crippen LogP contribution in [0.1, 0.15) is 28.7 Å². The number of anilines is 1. The van der Waals surface area contributed by atoms with Crippen LogP contribution in [0.2, 0.25) is 0 Å². The van der Waals surface area contributed by atoms with Gasteiger partial charge in [0.2, 0.25) is 11.3 Å². The summed E-state index contributed by atoms with van der Waals surface area (Å²) in [5.74, 6) is -1.14. The maximum atomic E-state index is 12.9. The van der Waals surface area contributed by atoms with Crippen LogP contribution in [-0.4, -0.2) is 52.1 Å². The van der Waals surface area contributed by atoms with Crippen LogP contribution in [0.3, 0.4) is 0 Å². The SMILES string of the molecule is COC1c2c(O)c(=O)c(C(=O)Nc3cc(-c4ccccc4)no3)cn2CC2OCCCN21. The van der Waals surface area contributed by atoms with Gasteiger partial charge in [-0.2, -0.15) is 0 Å². The average molecular weight is 438 g/mol. The van der Waals surface area contributed by atoms with E-state index < -0.39 is 23.3 Å². The van der Waals surface area contributed by atoms with Crippen molar-refractivity contribution in [3.63, 3.8) is 0 Å². The third-order valence-electron chi connectivity index (χ3n) is 5.71. The minimum Gasteiger partial charge on any atom is -0.503 e. The van der Waals surface area contributed by atoms with Gasteiger partial charge in [-0.3, -0.25) is 14.9 Å². The second-order valence-electron chi connectivity index (χ2n) is 7.66. The van der Waals surface area contributed by atoms with Crippen LogP contribution in [0.25, 0.3) is 11.3 Å². The molecule has 0 saturated carbocycles. The Hall–Kier alpha value is -3.47. The number of nitrogens with zero attached hydrogens (tertiary/aromatic N) is 3. The van der Waals surface area contributed by atoms with Crippen molar-refractivity contribution in [3.8, 4) is 17.0 Å². The van der Waals surface area contributed by atoms with E-state index in [1.807, 2.05) is 35.2 Å². The molecule has 166 valence electrons. The normalized spacial score (nSPS) is 20.4. The van der Waals surface area contributed by atoms with Crippen molar-refractivity contribution in [1.29, 1.82) is 0 Å². The Morgan fingerprint density at radius 3 is 2.91 bits per heavy atom. The van der Waals surface area contributed by atoms with Gasteiger partial charge in [-0.1, -0.05) is 35.5 Å². The lowest BCUT2D eigenvalue weighted by atomic mass is 10.1. The minimum absolute atomic E-state index is 0.0898. The van der Waals surface area contributed by atoms with Gasteiger partial charge in [-0.25, -0.2) is 4.90 Å². The maximum absolute atomic E-state index is 12.9. The number of nitrogens with one attached hydrogen (secondary N) is 1. The number of aromatic nitrogens is 2. The molecule has 2 aliphatic rings. The highest BCUT2D eigenvalue weighted by Gasteiger charge is 2.39. The Morgan fingerprint density at radius 2 is 2.12 bits per heavy atom. The Labute approximate surface area is 183 Å². The fraction of sp³-hybridized carbons (Fsp3) is 0.318. The van der Waals surface area contributed by atoms with Crippen LogP contribution < -0.4 is 10.7 Å². The summed E-state index contributed by atoms with van der Waals surface area (Å²) < 4.78 is 18.2. The first-order valence-corrected chi connectivity index (χ1v) is 10.3. The summed E-state index contributed by atoms with van der Waals surface area (Å²) in [7, 11) is 1.50. The van der Waals surface area contributed by atoms with E-state index in [0.717, 1.165) is 12.0 Å². The molecule has 5 rings (SSSR count). The standard InChI is InChI=1S/C22H22N4O6/c1-30-22-18-20(28)19(27)14(11-25(18)12-17-26(22)8-5-9-31-17)21(29)23-16-10-15(24-32-16)13-6-3-2-4-7-13/h2-4,6-7,10-11,17,22,28H,5,8-9,12H2,1H3,(H,23,29). The zero-order valence-corrected chi connectivity index (χ0v) is 17.4. The van der Waals surface area contributed by atoms with Gasteiger partial charge in [0.1, 0.15) is 23.2 Å². The van der Waals surface area contributed by atoms with Gasteiger partial charge in [-0.05, 0) is 6.42 Å². The van der Waals surface area contributed by atoms with Gasteiger partial charge in [0.15, 0.2) is 12.0 Å². The monoisotopic (exact) mass is 438 g/mol. The number of ether oxygens (including phenoxy) is 2. The third kappa shape index (κ3) is 3.48. The number of methoxy groups -OCH3 is 1. The number of rotatable bonds is 4. The number of pyridine rings is 1. The van der Waals surface area contributed by atoms with Crippen molar-refractivity contribution in [1.82, 2.24) is 14.6 Å². The van der Waals surface area contributed by atoms with E-state index in [-0.39, 0.29) is 17.7 Å². The highest BCUT2D eigenvalue weighted by molar-refractivity contribution is 6.03. The molecule has 2 atom stereocenters. The quantitative estimate of drug-likeness (QED) is 0.636. The fourth-order valence-electron chi connectivity index (χ4n) is 4.20. The Morgan fingerprint density at radius 1 is 1.31 bits per heavy atom. The molecule has 1 amide bonds. The maximum Gasteiger partial charge on any atom is 0.263 e. The summed E-state index contributed by atoms with van der Waals surface area (Å²) in [4.78, 5) is 27.7. The molecule has 1 fully saturated rings. The van der Waals surface area contributed by atoms with Crippen molar-refractivity contribution >= 4 is 11.8 Å². The van der Waals surface area contributed by atoms with E-state index in [1.54, 1.807) is 10.6 Å². The molecule has 10 heteroatoms. The van der Waals surface area contributed by atoms with Gasteiger partial charge in [0.25, 0.3) is 5.91 Å². The van der Waals surface area contributed by atoms with Gasteiger partial charge in [-0.15, -0.1) is 0 Å². The zero-order chi connectivity index (χ0) is 22.2. The van der Waals surface area contributed by atoms with E-state index in [0.29, 0.717) is 31.1 Å². The summed E-state index contributed by atoms with van der Waals surface area (Å²) in [6, 6.07) is 10.9. The number of carbonyl (C=O) groups excluding carboxylic acids is 1. The summed E-state index contributed by atoms with van der Waals surface area (Å²) >= 11 is 0. The van der Waals surface area contributed by atoms with Crippen LogP contribution in [0.4, 0.5) is 5.88 Å².